The molecule has 4 rings (SSSR count). The summed E-state index contributed by atoms with van der Waals surface area (Å²) in [6.07, 6.45) is 5.94. The van der Waals surface area contributed by atoms with Crippen LogP contribution in [0.3, 0.4) is 0 Å². The molecule has 3 aromatic rings. The summed E-state index contributed by atoms with van der Waals surface area (Å²) in [7, 11) is 0. The molecule has 0 fully saturated rings. The molecule has 0 saturated heterocycles. The number of thiazole rings is 1. The van der Waals surface area contributed by atoms with Crippen LogP contribution in [0.15, 0.2) is 47.6 Å². The largest absolute Gasteiger partial charge is 0.492 e. The van der Waals surface area contributed by atoms with Crippen LogP contribution >= 0.6 is 11.3 Å². The van der Waals surface area contributed by atoms with E-state index in [4.69, 9.17) is 0 Å². The molecule has 0 aliphatic carbocycles. The maximum Gasteiger partial charge on any atom is 0.231 e. The number of rotatable bonds is 5. The Hall–Kier alpha value is -3.06. The van der Waals surface area contributed by atoms with Gasteiger partial charge in [0, 0.05) is 30.1 Å². The van der Waals surface area contributed by atoms with Crippen molar-refractivity contribution in [3.05, 3.63) is 64.4 Å². The van der Waals surface area contributed by atoms with Gasteiger partial charge in [0.15, 0.2) is 10.9 Å². The number of aliphatic imine (C=N–C) groups is 1. The number of nitrogens with one attached hydrogen (secondary N) is 1. The van der Waals surface area contributed by atoms with Gasteiger partial charge in [0.1, 0.15) is 5.82 Å². The molecule has 0 radical (unpaired) electrons. The summed E-state index contributed by atoms with van der Waals surface area (Å²) in [6, 6.07) is 10.3. The van der Waals surface area contributed by atoms with E-state index in [9.17, 15) is 9.50 Å². The fourth-order valence-corrected chi connectivity index (χ4v) is 3.52. The third kappa shape index (κ3) is 3.48. The molecule has 5 nitrogen and oxygen atoms in total. The molecule has 1 aliphatic rings. The first-order valence-electron chi connectivity index (χ1n) is 8.08. The second-order valence-electron chi connectivity index (χ2n) is 5.75. The smallest absolute Gasteiger partial charge is 0.231 e. The lowest BCUT2D eigenvalue weighted by atomic mass is 10.1. The minimum Gasteiger partial charge on any atom is -0.492 e. The number of nitrogens with zero attached hydrogens (tertiary/aromatic N) is 3. The Labute approximate surface area is 153 Å². The Kier molecular flexibility index (Phi) is 4.45. The molecule has 1 aromatic carbocycles. The van der Waals surface area contributed by atoms with Gasteiger partial charge in [-0.3, -0.25) is 0 Å². The van der Waals surface area contributed by atoms with Crippen LogP contribution in [0.4, 0.5) is 15.3 Å². The van der Waals surface area contributed by atoms with Crippen LogP contribution in [-0.4, -0.2) is 27.8 Å². The van der Waals surface area contributed by atoms with E-state index in [0.29, 0.717) is 28.8 Å². The molecule has 1 aliphatic heterocycles. The van der Waals surface area contributed by atoms with Crippen molar-refractivity contribution in [1.82, 2.24) is 9.97 Å². The molecular weight excluding hydrogens is 351 g/mol. The number of hydrogen-bond acceptors (Lipinski definition) is 6. The van der Waals surface area contributed by atoms with Crippen molar-refractivity contribution in [2.45, 2.75) is 6.42 Å². The van der Waals surface area contributed by atoms with Gasteiger partial charge < -0.3 is 10.4 Å². The van der Waals surface area contributed by atoms with Gasteiger partial charge in [0.2, 0.25) is 5.88 Å². The highest BCUT2D eigenvalue weighted by Crippen LogP contribution is 2.35. The van der Waals surface area contributed by atoms with Crippen LogP contribution in [0, 0.1) is 5.82 Å². The van der Waals surface area contributed by atoms with Gasteiger partial charge in [-0.25, -0.2) is 14.4 Å². The van der Waals surface area contributed by atoms with Crippen LogP contribution in [0.2, 0.25) is 0 Å². The summed E-state index contributed by atoms with van der Waals surface area (Å²) < 4.78 is 13.2. The molecule has 0 atom stereocenters. The minimum atomic E-state index is -0.240. The number of allylic oxidation sites excluding steroid dienone is 1. The summed E-state index contributed by atoms with van der Waals surface area (Å²) in [6.45, 7) is 0.598. The van der Waals surface area contributed by atoms with Gasteiger partial charge in [0.05, 0.1) is 4.88 Å². The minimum absolute atomic E-state index is 0.0264. The average molecular weight is 366 g/mol. The van der Waals surface area contributed by atoms with Crippen LogP contribution in [0.5, 0.6) is 5.88 Å². The van der Waals surface area contributed by atoms with Crippen molar-refractivity contribution < 1.29 is 9.50 Å². The molecule has 3 heterocycles. The van der Waals surface area contributed by atoms with Crippen molar-refractivity contribution >= 4 is 40.1 Å². The van der Waals surface area contributed by atoms with Crippen LogP contribution < -0.4 is 5.32 Å². The molecule has 0 unspecified atom stereocenters. The van der Waals surface area contributed by atoms with E-state index in [1.54, 1.807) is 18.5 Å². The molecular formula is C19H15FN4OS. The van der Waals surface area contributed by atoms with Gasteiger partial charge in [-0.2, -0.15) is 4.98 Å². The zero-order valence-electron chi connectivity index (χ0n) is 13.7. The van der Waals surface area contributed by atoms with Gasteiger partial charge in [-0.05, 0) is 42.3 Å². The summed E-state index contributed by atoms with van der Waals surface area (Å²) in [5, 5.41) is 13.9. The Morgan fingerprint density at radius 2 is 2.15 bits per heavy atom. The maximum absolute atomic E-state index is 13.2. The van der Waals surface area contributed by atoms with E-state index < -0.39 is 0 Å². The lowest BCUT2D eigenvalue weighted by Gasteiger charge is -2.02. The highest BCUT2D eigenvalue weighted by molar-refractivity contribution is 7.16. The fourth-order valence-electron chi connectivity index (χ4n) is 2.68. The number of hydrogen-bond donors (Lipinski definition) is 2. The average Bonchev–Trinajstić information content (AvgIpc) is 3.19. The van der Waals surface area contributed by atoms with E-state index >= 15 is 0 Å². The van der Waals surface area contributed by atoms with Gasteiger partial charge in [0.25, 0.3) is 0 Å². The zero-order valence-corrected chi connectivity index (χ0v) is 14.5. The number of benzene rings is 1. The molecule has 0 bridgehead atoms. The molecule has 0 saturated carbocycles. The van der Waals surface area contributed by atoms with E-state index in [2.05, 4.69) is 20.3 Å². The Morgan fingerprint density at radius 3 is 3.04 bits per heavy atom. The molecule has 26 heavy (non-hydrogen) atoms. The maximum atomic E-state index is 13.2. The lowest BCUT2D eigenvalue weighted by Crippen LogP contribution is -2.04. The Bertz CT molecular complexity index is 1010. The first kappa shape index (κ1) is 16.4. The van der Waals surface area contributed by atoms with Gasteiger partial charge in [-0.1, -0.05) is 23.5 Å². The zero-order chi connectivity index (χ0) is 17.9. The van der Waals surface area contributed by atoms with Crippen molar-refractivity contribution in [3.63, 3.8) is 0 Å². The molecule has 2 aromatic heterocycles. The van der Waals surface area contributed by atoms with Crippen LogP contribution in [0.25, 0.3) is 11.6 Å². The number of aromatic nitrogens is 2. The Balaban J connectivity index is 1.45. The molecule has 7 heteroatoms. The summed E-state index contributed by atoms with van der Waals surface area (Å²) in [5.74, 6) is 0.411. The first-order chi connectivity index (χ1) is 12.7. The topological polar surface area (TPSA) is 70.4 Å². The number of anilines is 1. The second kappa shape index (κ2) is 7.05. The number of halogens is 1. The highest BCUT2D eigenvalue weighted by Gasteiger charge is 2.15. The number of fused-ring (bicyclic) bond motifs is 1. The third-order valence-electron chi connectivity index (χ3n) is 3.92. The van der Waals surface area contributed by atoms with E-state index in [0.717, 1.165) is 16.7 Å². The predicted octanol–water partition coefficient (Wildman–Crippen LogP) is 4.29. The Morgan fingerprint density at radius 1 is 1.23 bits per heavy atom. The van der Waals surface area contributed by atoms with E-state index in [-0.39, 0.29) is 11.7 Å². The monoisotopic (exact) mass is 366 g/mol. The van der Waals surface area contributed by atoms with Crippen LogP contribution in [-0.2, 0) is 6.42 Å². The summed E-state index contributed by atoms with van der Waals surface area (Å²) in [5.41, 5.74) is 2.73. The van der Waals surface area contributed by atoms with Crippen molar-refractivity contribution in [2.24, 2.45) is 4.99 Å². The molecule has 130 valence electrons. The SMILES string of the molecule is Oc1nc(NCCc2cccc(F)c2)sc1/C=C1\C=Nc2ncccc21. The predicted molar refractivity (Wildman–Crippen MR) is 103 cm³/mol. The number of pyridine rings is 1. The second-order valence-corrected chi connectivity index (χ2v) is 6.78. The lowest BCUT2D eigenvalue weighted by molar-refractivity contribution is 0.457. The van der Waals surface area contributed by atoms with E-state index in [1.807, 2.05) is 24.3 Å². The van der Waals surface area contributed by atoms with Gasteiger partial charge in [-0.15, -0.1) is 0 Å². The molecule has 0 amide bonds. The van der Waals surface area contributed by atoms with E-state index in [1.165, 1.54) is 23.5 Å². The van der Waals surface area contributed by atoms with Gasteiger partial charge >= 0.3 is 0 Å². The normalized spacial score (nSPS) is 14.0. The van der Waals surface area contributed by atoms with Crippen molar-refractivity contribution in [3.8, 4) is 5.88 Å². The first-order valence-corrected chi connectivity index (χ1v) is 8.90. The summed E-state index contributed by atoms with van der Waals surface area (Å²) >= 11 is 1.35. The molecule has 0 spiro atoms. The quantitative estimate of drug-likeness (QED) is 0.706. The standard InChI is InChI=1S/C19H15FN4OS/c20-14-4-1-3-12(9-14)6-8-22-19-24-18(25)16(26-19)10-13-11-23-17-15(13)5-2-7-21-17/h1-5,7,9-11,25H,6,8H2,(H,22,24)/b13-10+. The molecule has 2 N–H and O–H groups in total. The van der Waals surface area contributed by atoms with Crippen molar-refractivity contribution in [2.75, 3.05) is 11.9 Å². The highest BCUT2D eigenvalue weighted by atomic mass is 32.1. The number of aromatic hydroxyl groups is 1. The van der Waals surface area contributed by atoms with Crippen molar-refractivity contribution in [1.29, 1.82) is 0 Å². The third-order valence-corrected chi connectivity index (χ3v) is 4.87. The fraction of sp³-hybridized carbons (Fsp3) is 0.105. The van der Waals surface area contributed by atoms with Crippen LogP contribution in [0.1, 0.15) is 16.0 Å². The summed E-state index contributed by atoms with van der Waals surface area (Å²) in [4.78, 5) is 13.2.